The standard InChI is InChI=1S/C26H20Cl2N4O2/c1-15-12-18(16(2)32(15)22-11-5-9-20(27)25(22)28)13-29-30-23(33)14-31-21-10-4-7-17-6-3-8-19(24(17)21)26(31)34/h3-13H,14H2,1-2H3,(H,30,33)/b29-13+. The Labute approximate surface area is 206 Å². The molecule has 34 heavy (non-hydrogen) atoms. The number of amides is 2. The Morgan fingerprint density at radius 2 is 1.74 bits per heavy atom. The number of hydrazone groups is 1. The van der Waals surface area contributed by atoms with Gasteiger partial charge in [0.05, 0.1) is 27.6 Å². The predicted molar refractivity (Wildman–Crippen MR) is 137 cm³/mol. The minimum Gasteiger partial charge on any atom is -0.316 e. The number of rotatable bonds is 5. The maximum atomic E-state index is 12.9. The Kier molecular flexibility index (Phi) is 5.63. The summed E-state index contributed by atoms with van der Waals surface area (Å²) in [6, 6.07) is 18.7. The van der Waals surface area contributed by atoms with E-state index in [-0.39, 0.29) is 18.4 Å². The first-order valence-electron chi connectivity index (χ1n) is 10.7. The second kappa shape index (κ2) is 8.63. The van der Waals surface area contributed by atoms with Gasteiger partial charge in [0.2, 0.25) is 0 Å². The van der Waals surface area contributed by atoms with Gasteiger partial charge in [-0.25, -0.2) is 5.43 Å². The number of carbonyl (C=O) groups excluding carboxylic acids is 2. The van der Waals surface area contributed by atoms with Crippen LogP contribution in [0.2, 0.25) is 10.0 Å². The van der Waals surface area contributed by atoms with E-state index in [4.69, 9.17) is 23.2 Å². The van der Waals surface area contributed by atoms with Crippen LogP contribution in [0.3, 0.4) is 0 Å². The number of aromatic nitrogens is 1. The molecular weight excluding hydrogens is 471 g/mol. The summed E-state index contributed by atoms with van der Waals surface area (Å²) in [5, 5.41) is 6.91. The number of hydrogen-bond acceptors (Lipinski definition) is 3. The highest BCUT2D eigenvalue weighted by molar-refractivity contribution is 6.43. The van der Waals surface area contributed by atoms with E-state index < -0.39 is 0 Å². The van der Waals surface area contributed by atoms with Gasteiger partial charge in [0.15, 0.2) is 0 Å². The lowest BCUT2D eigenvalue weighted by molar-refractivity contribution is -0.119. The van der Waals surface area contributed by atoms with E-state index >= 15 is 0 Å². The van der Waals surface area contributed by atoms with Crippen LogP contribution in [-0.4, -0.2) is 29.1 Å². The number of anilines is 1. The molecule has 6 nitrogen and oxygen atoms in total. The van der Waals surface area contributed by atoms with Crippen LogP contribution < -0.4 is 10.3 Å². The zero-order valence-corrected chi connectivity index (χ0v) is 20.0. The van der Waals surface area contributed by atoms with E-state index in [1.165, 1.54) is 4.90 Å². The number of halogens is 2. The molecule has 0 saturated carbocycles. The van der Waals surface area contributed by atoms with Crippen LogP contribution in [0.5, 0.6) is 0 Å². The molecule has 0 bridgehead atoms. The van der Waals surface area contributed by atoms with Crippen LogP contribution in [0.1, 0.15) is 27.3 Å². The quantitative estimate of drug-likeness (QED) is 0.289. The van der Waals surface area contributed by atoms with Crippen molar-refractivity contribution in [2.24, 2.45) is 5.10 Å². The van der Waals surface area contributed by atoms with Crippen molar-refractivity contribution < 1.29 is 9.59 Å². The maximum Gasteiger partial charge on any atom is 0.260 e. The number of benzene rings is 3. The summed E-state index contributed by atoms with van der Waals surface area (Å²) in [5.74, 6) is -0.575. The normalized spacial score (nSPS) is 12.8. The Balaban J connectivity index is 1.32. The number of nitrogens with zero attached hydrogens (tertiary/aromatic N) is 3. The first kappa shape index (κ1) is 22.2. The molecule has 0 spiro atoms. The molecule has 0 radical (unpaired) electrons. The van der Waals surface area contributed by atoms with Gasteiger partial charge < -0.3 is 4.57 Å². The van der Waals surface area contributed by atoms with Crippen LogP contribution >= 0.6 is 23.2 Å². The lowest BCUT2D eigenvalue weighted by Gasteiger charge is -2.16. The molecule has 5 rings (SSSR count). The van der Waals surface area contributed by atoms with E-state index in [2.05, 4.69) is 10.5 Å². The third-order valence-electron chi connectivity index (χ3n) is 5.99. The highest BCUT2D eigenvalue weighted by Crippen LogP contribution is 2.37. The minimum atomic E-state index is -0.388. The molecule has 2 heterocycles. The van der Waals surface area contributed by atoms with Crippen molar-refractivity contribution in [1.29, 1.82) is 0 Å². The fraction of sp³-hybridized carbons (Fsp3) is 0.115. The first-order valence-corrected chi connectivity index (χ1v) is 11.4. The van der Waals surface area contributed by atoms with E-state index in [9.17, 15) is 9.59 Å². The van der Waals surface area contributed by atoms with Gasteiger partial charge in [-0.05, 0) is 49.6 Å². The SMILES string of the molecule is Cc1cc(/C=N/NC(=O)CN2C(=O)c3cccc4cccc2c34)c(C)n1-c1cccc(Cl)c1Cl. The highest BCUT2D eigenvalue weighted by atomic mass is 35.5. The molecule has 3 aromatic carbocycles. The molecule has 1 aliphatic rings. The lowest BCUT2D eigenvalue weighted by Crippen LogP contribution is -2.37. The minimum absolute atomic E-state index is 0.124. The van der Waals surface area contributed by atoms with Gasteiger partial charge in [0.1, 0.15) is 6.54 Å². The van der Waals surface area contributed by atoms with Crippen LogP contribution in [0.4, 0.5) is 5.69 Å². The number of nitrogens with one attached hydrogen (secondary N) is 1. The Morgan fingerprint density at radius 1 is 1.03 bits per heavy atom. The lowest BCUT2D eigenvalue weighted by atomic mass is 10.1. The third kappa shape index (κ3) is 3.65. The zero-order chi connectivity index (χ0) is 24.0. The molecule has 2 amide bonds. The van der Waals surface area contributed by atoms with Gasteiger partial charge in [-0.2, -0.15) is 5.10 Å². The smallest absolute Gasteiger partial charge is 0.260 e. The molecule has 0 unspecified atom stereocenters. The van der Waals surface area contributed by atoms with E-state index in [0.29, 0.717) is 15.6 Å². The molecule has 0 aliphatic carbocycles. The first-order chi connectivity index (χ1) is 16.4. The largest absolute Gasteiger partial charge is 0.316 e. The van der Waals surface area contributed by atoms with E-state index in [1.54, 1.807) is 18.3 Å². The number of carbonyl (C=O) groups is 2. The molecular formula is C26H20Cl2N4O2. The van der Waals surface area contributed by atoms with Crippen LogP contribution in [-0.2, 0) is 4.79 Å². The topological polar surface area (TPSA) is 66.7 Å². The molecule has 0 fully saturated rings. The summed E-state index contributed by atoms with van der Waals surface area (Å²) in [4.78, 5) is 27.0. The predicted octanol–water partition coefficient (Wildman–Crippen LogP) is 5.66. The van der Waals surface area contributed by atoms with Crippen LogP contribution in [0.25, 0.3) is 16.5 Å². The van der Waals surface area contributed by atoms with Gasteiger partial charge in [0, 0.05) is 27.9 Å². The van der Waals surface area contributed by atoms with Gasteiger partial charge in [-0.1, -0.05) is 53.5 Å². The van der Waals surface area contributed by atoms with Gasteiger partial charge in [-0.3, -0.25) is 14.5 Å². The molecule has 0 atom stereocenters. The van der Waals surface area contributed by atoms with Crippen molar-refractivity contribution in [2.45, 2.75) is 13.8 Å². The van der Waals surface area contributed by atoms with Crippen molar-refractivity contribution in [3.8, 4) is 5.69 Å². The summed E-state index contributed by atoms with van der Waals surface area (Å²) >= 11 is 12.6. The van der Waals surface area contributed by atoms with Crippen LogP contribution in [0, 0.1) is 13.8 Å². The second-order valence-corrected chi connectivity index (χ2v) is 8.89. The zero-order valence-electron chi connectivity index (χ0n) is 18.5. The van der Waals surface area contributed by atoms with Crippen molar-refractivity contribution in [1.82, 2.24) is 9.99 Å². The van der Waals surface area contributed by atoms with Gasteiger partial charge in [-0.15, -0.1) is 0 Å². The molecule has 0 saturated heterocycles. The third-order valence-corrected chi connectivity index (χ3v) is 6.79. The summed E-state index contributed by atoms with van der Waals surface area (Å²) in [6.07, 6.45) is 1.58. The fourth-order valence-corrected chi connectivity index (χ4v) is 4.82. The number of aryl methyl sites for hydroxylation is 1. The average Bonchev–Trinajstić information content (AvgIpc) is 3.25. The monoisotopic (exact) mass is 490 g/mol. The Morgan fingerprint density at radius 3 is 2.53 bits per heavy atom. The summed E-state index contributed by atoms with van der Waals surface area (Å²) in [5.41, 5.74) is 7.32. The van der Waals surface area contributed by atoms with Crippen LogP contribution in [0.15, 0.2) is 65.8 Å². The Hall–Kier alpha value is -3.61. The number of hydrogen-bond donors (Lipinski definition) is 1. The van der Waals surface area contributed by atoms with Crippen molar-refractivity contribution in [3.63, 3.8) is 0 Å². The van der Waals surface area contributed by atoms with Gasteiger partial charge in [0.25, 0.3) is 11.8 Å². The fourth-order valence-electron chi connectivity index (χ4n) is 4.44. The molecule has 1 aliphatic heterocycles. The molecule has 1 aromatic heterocycles. The maximum absolute atomic E-state index is 12.9. The molecule has 4 aromatic rings. The molecule has 170 valence electrons. The summed E-state index contributed by atoms with van der Waals surface area (Å²) in [6.45, 7) is 3.77. The van der Waals surface area contributed by atoms with Crippen molar-refractivity contribution in [2.75, 3.05) is 11.4 Å². The second-order valence-electron chi connectivity index (χ2n) is 8.10. The molecule has 1 N–H and O–H groups in total. The summed E-state index contributed by atoms with van der Waals surface area (Å²) in [7, 11) is 0. The molecule has 8 heteroatoms. The van der Waals surface area contributed by atoms with Crippen molar-refractivity contribution >= 4 is 57.7 Å². The Bertz CT molecular complexity index is 1500. The van der Waals surface area contributed by atoms with E-state index in [1.807, 2.05) is 66.9 Å². The highest BCUT2D eigenvalue weighted by Gasteiger charge is 2.30. The van der Waals surface area contributed by atoms with Gasteiger partial charge >= 0.3 is 0 Å². The average molecular weight is 491 g/mol. The van der Waals surface area contributed by atoms with E-state index in [0.717, 1.165) is 39.1 Å². The van der Waals surface area contributed by atoms with Crippen molar-refractivity contribution in [3.05, 3.63) is 93.2 Å². The summed E-state index contributed by atoms with van der Waals surface area (Å²) < 4.78 is 1.98.